The highest BCUT2D eigenvalue weighted by Crippen LogP contribution is 2.07. The summed E-state index contributed by atoms with van der Waals surface area (Å²) in [6, 6.07) is 0.0690. The number of hydrogen-bond donors (Lipinski definition) is 2. The Morgan fingerprint density at radius 2 is 1.83 bits per heavy atom. The van der Waals surface area contributed by atoms with Gasteiger partial charge in [0.05, 0.1) is 6.34 Å². The van der Waals surface area contributed by atoms with Gasteiger partial charge in [-0.3, -0.25) is 15.8 Å². The van der Waals surface area contributed by atoms with Gasteiger partial charge in [0.25, 0.3) is 0 Å². The van der Waals surface area contributed by atoms with Crippen LogP contribution < -0.4 is 0 Å². The Labute approximate surface area is 110 Å². The molecule has 0 spiro atoms. The van der Waals surface area contributed by atoms with Gasteiger partial charge in [-0.1, -0.05) is 26.0 Å². The van der Waals surface area contributed by atoms with Crippen LogP contribution >= 0.6 is 0 Å². The molecule has 0 aliphatic heterocycles. The predicted octanol–water partition coefficient (Wildman–Crippen LogP) is 3.47. The fourth-order valence-corrected chi connectivity index (χ4v) is 1.30. The lowest BCUT2D eigenvalue weighted by Gasteiger charge is -2.23. The van der Waals surface area contributed by atoms with Crippen LogP contribution in [0.1, 0.15) is 34.6 Å². The number of nitrogens with zero attached hydrogens (tertiary/aromatic N) is 2. The average molecular weight is 248 g/mol. The van der Waals surface area contributed by atoms with E-state index in [1.807, 2.05) is 32.9 Å². The molecule has 4 heteroatoms. The number of rotatable bonds is 6. The SMILES string of the molecule is CC=N/C(=C\C=C/C(C)C)C(=N)N(C=N)C(C)C. The molecule has 0 saturated carbocycles. The van der Waals surface area contributed by atoms with Crippen LogP contribution in [0.3, 0.4) is 0 Å². The molecule has 0 radical (unpaired) electrons. The summed E-state index contributed by atoms with van der Waals surface area (Å²) in [5, 5.41) is 15.4. The minimum Gasteiger partial charge on any atom is -0.314 e. The molecular formula is C14H24N4. The van der Waals surface area contributed by atoms with Crippen molar-refractivity contribution in [3.05, 3.63) is 23.9 Å². The molecule has 2 N–H and O–H groups in total. The maximum absolute atomic E-state index is 8.08. The summed E-state index contributed by atoms with van der Waals surface area (Å²) in [5.41, 5.74) is 0.562. The first-order chi connectivity index (χ1) is 8.43. The second kappa shape index (κ2) is 8.39. The largest absolute Gasteiger partial charge is 0.314 e. The number of nitrogens with one attached hydrogen (secondary N) is 2. The number of amidine groups is 1. The van der Waals surface area contributed by atoms with Gasteiger partial charge in [-0.05, 0) is 32.8 Å². The lowest BCUT2D eigenvalue weighted by Crippen LogP contribution is -2.35. The minimum absolute atomic E-state index is 0.0690. The summed E-state index contributed by atoms with van der Waals surface area (Å²) in [6.45, 7) is 9.89. The molecule has 0 aromatic rings. The molecule has 0 aliphatic rings. The van der Waals surface area contributed by atoms with Crippen LogP contribution in [-0.2, 0) is 0 Å². The quantitative estimate of drug-likeness (QED) is 0.422. The molecule has 0 aromatic carbocycles. The van der Waals surface area contributed by atoms with Gasteiger partial charge in [0.2, 0.25) is 0 Å². The molecule has 0 atom stereocenters. The van der Waals surface area contributed by atoms with E-state index in [-0.39, 0.29) is 11.9 Å². The van der Waals surface area contributed by atoms with Crippen molar-refractivity contribution in [3.63, 3.8) is 0 Å². The van der Waals surface area contributed by atoms with Gasteiger partial charge in [-0.2, -0.15) is 0 Å². The Morgan fingerprint density at radius 3 is 2.22 bits per heavy atom. The molecule has 0 heterocycles. The summed E-state index contributed by atoms with van der Waals surface area (Å²) in [7, 11) is 0. The van der Waals surface area contributed by atoms with E-state index in [0.717, 1.165) is 6.34 Å². The summed E-state index contributed by atoms with van der Waals surface area (Å²) in [4.78, 5) is 5.76. The fourth-order valence-electron chi connectivity index (χ4n) is 1.30. The Morgan fingerprint density at radius 1 is 1.22 bits per heavy atom. The van der Waals surface area contributed by atoms with Gasteiger partial charge in [0.1, 0.15) is 5.70 Å². The van der Waals surface area contributed by atoms with Crippen molar-refractivity contribution in [2.24, 2.45) is 10.9 Å². The molecule has 0 bridgehead atoms. The van der Waals surface area contributed by atoms with Crippen molar-refractivity contribution in [1.82, 2.24) is 4.90 Å². The lowest BCUT2D eigenvalue weighted by atomic mass is 10.2. The maximum atomic E-state index is 8.08. The van der Waals surface area contributed by atoms with Gasteiger partial charge < -0.3 is 4.90 Å². The summed E-state index contributed by atoms with van der Waals surface area (Å²) < 4.78 is 0. The van der Waals surface area contributed by atoms with Crippen LogP contribution in [0.25, 0.3) is 0 Å². The predicted molar refractivity (Wildman–Crippen MR) is 79.7 cm³/mol. The van der Waals surface area contributed by atoms with Crippen molar-refractivity contribution in [2.45, 2.75) is 40.7 Å². The monoisotopic (exact) mass is 248 g/mol. The van der Waals surface area contributed by atoms with Crippen LogP contribution in [0.2, 0.25) is 0 Å². The number of allylic oxidation sites excluding steroid dienone is 3. The molecule has 0 aromatic heterocycles. The zero-order chi connectivity index (χ0) is 14.1. The third kappa shape index (κ3) is 5.57. The van der Waals surface area contributed by atoms with E-state index in [1.165, 1.54) is 0 Å². The van der Waals surface area contributed by atoms with E-state index in [2.05, 4.69) is 18.8 Å². The van der Waals surface area contributed by atoms with E-state index in [0.29, 0.717) is 11.6 Å². The summed E-state index contributed by atoms with van der Waals surface area (Å²) >= 11 is 0. The zero-order valence-electron chi connectivity index (χ0n) is 11.9. The first kappa shape index (κ1) is 16.3. The van der Waals surface area contributed by atoms with Gasteiger partial charge in [-0.25, -0.2) is 0 Å². The third-order valence-corrected chi connectivity index (χ3v) is 2.21. The summed E-state index contributed by atoms with van der Waals surface area (Å²) in [5.74, 6) is 0.706. The highest BCUT2D eigenvalue weighted by Gasteiger charge is 2.13. The Balaban J connectivity index is 5.11. The topological polar surface area (TPSA) is 63.3 Å². The van der Waals surface area contributed by atoms with E-state index in [9.17, 15) is 0 Å². The normalized spacial score (nSPS) is 12.9. The Kier molecular flexibility index (Phi) is 7.59. The smallest absolute Gasteiger partial charge is 0.152 e. The number of hydrogen-bond acceptors (Lipinski definition) is 3. The molecule has 0 amide bonds. The third-order valence-electron chi connectivity index (χ3n) is 2.21. The van der Waals surface area contributed by atoms with Crippen LogP contribution in [0.15, 0.2) is 28.9 Å². The zero-order valence-corrected chi connectivity index (χ0v) is 11.9. The molecule has 4 nitrogen and oxygen atoms in total. The van der Waals surface area contributed by atoms with Gasteiger partial charge in [0, 0.05) is 12.3 Å². The van der Waals surface area contributed by atoms with E-state index in [4.69, 9.17) is 10.8 Å². The molecule has 18 heavy (non-hydrogen) atoms. The Bertz CT molecular complexity index is 362. The molecular weight excluding hydrogens is 224 g/mol. The Hall–Kier alpha value is -1.71. The van der Waals surface area contributed by atoms with Crippen LogP contribution in [0.5, 0.6) is 0 Å². The van der Waals surface area contributed by atoms with Crippen LogP contribution in [0.4, 0.5) is 0 Å². The van der Waals surface area contributed by atoms with E-state index in [1.54, 1.807) is 17.2 Å². The van der Waals surface area contributed by atoms with Crippen molar-refractivity contribution >= 4 is 18.4 Å². The number of aliphatic imine (C=N–C) groups is 1. The van der Waals surface area contributed by atoms with Crippen LogP contribution in [-0.4, -0.2) is 29.3 Å². The fraction of sp³-hybridized carbons (Fsp3) is 0.500. The summed E-state index contributed by atoms with van der Waals surface area (Å²) in [6.07, 6.45) is 8.58. The van der Waals surface area contributed by atoms with Gasteiger partial charge in [-0.15, -0.1) is 0 Å². The van der Waals surface area contributed by atoms with Crippen molar-refractivity contribution in [2.75, 3.05) is 0 Å². The highest BCUT2D eigenvalue weighted by molar-refractivity contribution is 6.02. The molecule has 100 valence electrons. The molecule has 0 rings (SSSR count). The van der Waals surface area contributed by atoms with Crippen molar-refractivity contribution in [3.8, 4) is 0 Å². The molecule has 0 saturated heterocycles. The average Bonchev–Trinajstić information content (AvgIpc) is 2.27. The second-order valence-corrected chi connectivity index (χ2v) is 4.55. The first-order valence-electron chi connectivity index (χ1n) is 6.19. The lowest BCUT2D eigenvalue weighted by molar-refractivity contribution is 0.507. The standard InChI is InChI=1S/C14H24N4/c1-6-17-13(9-7-8-11(2)3)14(16)18(10-15)12(4)5/h6-12,15-16H,1-5H3/b8-7-,13-9-,15-10?,16-14?,17-6?. The van der Waals surface area contributed by atoms with E-state index >= 15 is 0 Å². The molecule has 0 unspecified atom stereocenters. The molecule has 0 fully saturated rings. The van der Waals surface area contributed by atoms with Crippen molar-refractivity contribution < 1.29 is 0 Å². The van der Waals surface area contributed by atoms with Crippen molar-refractivity contribution in [1.29, 1.82) is 10.8 Å². The van der Waals surface area contributed by atoms with Gasteiger partial charge >= 0.3 is 0 Å². The van der Waals surface area contributed by atoms with Gasteiger partial charge in [0.15, 0.2) is 5.84 Å². The maximum Gasteiger partial charge on any atom is 0.152 e. The van der Waals surface area contributed by atoms with E-state index < -0.39 is 0 Å². The van der Waals surface area contributed by atoms with Crippen LogP contribution in [0, 0.1) is 16.7 Å². The second-order valence-electron chi connectivity index (χ2n) is 4.55. The highest BCUT2D eigenvalue weighted by atomic mass is 15.2. The molecule has 0 aliphatic carbocycles. The minimum atomic E-state index is 0.0690. The first-order valence-corrected chi connectivity index (χ1v) is 6.19.